The van der Waals surface area contributed by atoms with Crippen LogP contribution in [0.1, 0.15) is 88.5 Å². The summed E-state index contributed by atoms with van der Waals surface area (Å²) in [5.41, 5.74) is 8.07. The molecule has 0 radical (unpaired) electrons. The van der Waals surface area contributed by atoms with E-state index in [-0.39, 0.29) is 0 Å². The van der Waals surface area contributed by atoms with E-state index < -0.39 is 0 Å². The number of methoxy groups -OCH3 is 1. The molecule has 4 nitrogen and oxygen atoms in total. The summed E-state index contributed by atoms with van der Waals surface area (Å²) in [6.07, 6.45) is 53.5. The summed E-state index contributed by atoms with van der Waals surface area (Å²) in [5, 5.41) is 0. The maximum Gasteiger partial charge on any atom is 0.169 e. The molecule has 364 valence electrons. The second-order valence-corrected chi connectivity index (χ2v) is 13.2. The van der Waals surface area contributed by atoms with Crippen molar-refractivity contribution in [1.29, 1.82) is 0 Å². The van der Waals surface area contributed by atoms with Gasteiger partial charge in [-0.25, -0.2) is 0 Å². The van der Waals surface area contributed by atoms with Crippen molar-refractivity contribution < 1.29 is 9.47 Å². The number of para-hydroxylation sites is 1. The Labute approximate surface area is 417 Å². The predicted molar refractivity (Wildman–Crippen MR) is 309 cm³/mol. The van der Waals surface area contributed by atoms with Crippen LogP contribution in [-0.2, 0) is 0 Å². The summed E-state index contributed by atoms with van der Waals surface area (Å²) < 4.78 is 11.8. The Kier molecular flexibility index (Phi) is 44.3. The minimum Gasteiger partial charge on any atom is -0.493 e. The van der Waals surface area contributed by atoms with E-state index in [1.165, 1.54) is 17.0 Å². The molecule has 68 heavy (non-hydrogen) atoms. The van der Waals surface area contributed by atoms with Crippen molar-refractivity contribution >= 4 is 11.4 Å². The Bertz CT molecular complexity index is 2150. The summed E-state index contributed by atoms with van der Waals surface area (Å²) in [4.78, 5) is 4.51. The molecule has 2 aliphatic carbocycles. The molecule has 0 heterocycles. The maximum atomic E-state index is 6.10. The van der Waals surface area contributed by atoms with E-state index in [4.69, 9.17) is 9.47 Å². The molecule has 0 aliphatic heterocycles. The van der Waals surface area contributed by atoms with Crippen molar-refractivity contribution in [2.45, 2.75) is 88.5 Å². The third kappa shape index (κ3) is 28.0. The van der Waals surface area contributed by atoms with Gasteiger partial charge in [0.25, 0.3) is 0 Å². The van der Waals surface area contributed by atoms with Crippen LogP contribution in [0.15, 0.2) is 255 Å². The van der Waals surface area contributed by atoms with Crippen molar-refractivity contribution in [3.8, 4) is 23.8 Å². The van der Waals surface area contributed by atoms with Crippen molar-refractivity contribution in [3.05, 3.63) is 255 Å². The average molecular weight is 915 g/mol. The van der Waals surface area contributed by atoms with Crippen LogP contribution in [0.25, 0.3) is 0 Å². The maximum absolute atomic E-state index is 6.10. The van der Waals surface area contributed by atoms with Crippen LogP contribution in [0.2, 0.25) is 0 Å². The van der Waals surface area contributed by atoms with Crippen LogP contribution in [-0.4, -0.2) is 25.6 Å². The van der Waals surface area contributed by atoms with Crippen molar-refractivity contribution in [3.63, 3.8) is 0 Å². The van der Waals surface area contributed by atoms with Crippen LogP contribution >= 0.6 is 0 Å². The molecule has 2 aliphatic rings. The minimum absolute atomic E-state index is 0.661. The summed E-state index contributed by atoms with van der Waals surface area (Å²) in [6, 6.07) is 16.3. The Morgan fingerprint density at radius 3 is 1.97 bits per heavy atom. The fourth-order valence-corrected chi connectivity index (χ4v) is 5.71. The van der Waals surface area contributed by atoms with E-state index in [1.54, 1.807) is 32.3 Å². The van der Waals surface area contributed by atoms with Gasteiger partial charge >= 0.3 is 0 Å². The zero-order chi connectivity index (χ0) is 51.8. The smallest absolute Gasteiger partial charge is 0.169 e. The first-order valence-corrected chi connectivity index (χ1v) is 23.7. The van der Waals surface area contributed by atoms with Gasteiger partial charge in [0.1, 0.15) is 5.76 Å². The first-order chi connectivity index (χ1) is 33.2. The van der Waals surface area contributed by atoms with Gasteiger partial charge in [0.05, 0.1) is 7.11 Å². The molecule has 0 spiro atoms. The van der Waals surface area contributed by atoms with E-state index >= 15 is 0 Å². The Morgan fingerprint density at radius 1 is 0.750 bits per heavy atom. The molecular formula is C64H86N2O2. The summed E-state index contributed by atoms with van der Waals surface area (Å²) in [5.74, 6) is 4.32. The standard InChI is InChI=1S/C31H35NO2.C21H23N.C3H6.C3H4.3C2H6/c1-6-10-13-20-29(9-4)34-30-22-21-28(25-31(30)33-5)32(27-18-14-12-15-19-27)24-23-26(16-8-3)17-11-7-2;1-4-12-18(5-2)19-13-10-11-16-21(17-19)22(3)20-14-8-6-7-9-15-20;2*1-3-2;3*1-2/h6-15,17-23,25H,2-3,16,24H2,1,4-5H3;4-14,17H,1-2,15-16H2,3H3;3H,1H2,2H3;1H,2H3;3*1-2H3/b10-6-,17-11-,20-13-,26-23-,29-9+;18-12+;;;;;. The fraction of sp³-hybridized carbons (Fsp3) is 0.250. The lowest BCUT2D eigenvalue weighted by Crippen LogP contribution is -2.17. The molecule has 0 unspecified atom stereocenters. The Hall–Kier alpha value is -7.22. The van der Waals surface area contributed by atoms with Crippen LogP contribution in [0.3, 0.4) is 0 Å². The Morgan fingerprint density at radius 2 is 1.40 bits per heavy atom. The van der Waals surface area contributed by atoms with Crippen molar-refractivity contribution in [2.75, 3.05) is 25.6 Å². The van der Waals surface area contributed by atoms with Crippen LogP contribution < -0.4 is 14.4 Å². The number of anilines is 2. The van der Waals surface area contributed by atoms with Crippen LogP contribution in [0.4, 0.5) is 11.4 Å². The molecule has 2 aromatic rings. The lowest BCUT2D eigenvalue weighted by molar-refractivity contribution is 0.367. The highest BCUT2D eigenvalue weighted by Crippen LogP contribution is 2.36. The number of nitrogens with zero attached hydrogens (tertiary/aromatic N) is 2. The number of hydrogen-bond acceptors (Lipinski definition) is 4. The molecule has 0 amide bonds. The van der Waals surface area contributed by atoms with E-state index in [0.29, 0.717) is 18.0 Å². The monoisotopic (exact) mass is 915 g/mol. The SMILES string of the molecule is C#CC.C=C/C=C(\C=C)C1=CC=CCC(N(C)C2=CC=CC=CC2)=C1.C=C/C=C\C(=C/CN(c1ccccc1)c1ccc(OC(/C=C\C=C/C)=C/C)c(OC)c1)CC=C.C=CC.CC.CC.CC. The molecule has 0 saturated heterocycles. The van der Waals surface area contributed by atoms with Crippen LogP contribution in [0.5, 0.6) is 11.5 Å². The average Bonchev–Trinajstić information content (AvgIpc) is 3.82. The summed E-state index contributed by atoms with van der Waals surface area (Å²) >= 11 is 0. The van der Waals surface area contributed by atoms with Gasteiger partial charge in [-0.3, -0.25) is 0 Å². The molecule has 0 bridgehead atoms. The lowest BCUT2D eigenvalue weighted by Gasteiger charge is -2.25. The van der Waals surface area contributed by atoms with E-state index in [9.17, 15) is 0 Å². The van der Waals surface area contributed by atoms with Gasteiger partial charge in [0.2, 0.25) is 0 Å². The summed E-state index contributed by atoms with van der Waals surface area (Å²) in [7, 11) is 3.79. The van der Waals surface area contributed by atoms with Crippen molar-refractivity contribution in [2.24, 2.45) is 0 Å². The van der Waals surface area contributed by atoms with E-state index in [0.717, 1.165) is 47.5 Å². The highest BCUT2D eigenvalue weighted by Gasteiger charge is 2.14. The second kappa shape index (κ2) is 46.3. The zero-order valence-electron chi connectivity index (χ0n) is 44.1. The lowest BCUT2D eigenvalue weighted by atomic mass is 10.0. The number of rotatable bonds is 18. The first kappa shape index (κ1) is 65.1. The highest BCUT2D eigenvalue weighted by molar-refractivity contribution is 5.67. The molecule has 4 rings (SSSR count). The number of allylic oxidation sites excluding steroid dienone is 25. The predicted octanol–water partition coefficient (Wildman–Crippen LogP) is 18.8. The zero-order valence-corrected chi connectivity index (χ0v) is 44.1. The minimum atomic E-state index is 0.661. The molecule has 2 aromatic carbocycles. The largest absolute Gasteiger partial charge is 0.493 e. The van der Waals surface area contributed by atoms with Gasteiger partial charge in [0.15, 0.2) is 11.5 Å². The molecule has 0 aromatic heterocycles. The van der Waals surface area contributed by atoms with E-state index in [2.05, 4.69) is 141 Å². The van der Waals surface area contributed by atoms with Gasteiger partial charge in [-0.1, -0.05) is 195 Å². The number of ether oxygens (including phenoxy) is 2. The third-order valence-corrected chi connectivity index (χ3v) is 8.71. The van der Waals surface area contributed by atoms with Crippen LogP contribution in [0, 0.1) is 12.3 Å². The van der Waals surface area contributed by atoms with E-state index in [1.807, 2.05) is 153 Å². The quantitative estimate of drug-likeness (QED) is 0.0644. The van der Waals surface area contributed by atoms with Gasteiger partial charge in [0, 0.05) is 55.3 Å². The molecule has 0 fully saturated rings. The normalized spacial score (nSPS) is 12.6. The Balaban J connectivity index is -0.00000106. The topological polar surface area (TPSA) is 24.9 Å². The molecule has 4 heteroatoms. The number of terminal acetylenes is 1. The van der Waals surface area contributed by atoms with Gasteiger partial charge in [-0.05, 0) is 99.4 Å². The van der Waals surface area contributed by atoms with Gasteiger partial charge < -0.3 is 19.3 Å². The second-order valence-electron chi connectivity index (χ2n) is 13.2. The summed E-state index contributed by atoms with van der Waals surface area (Å²) in [6.45, 7) is 38.8. The van der Waals surface area contributed by atoms with Crippen molar-refractivity contribution in [1.82, 2.24) is 4.90 Å². The van der Waals surface area contributed by atoms with Gasteiger partial charge in [-0.2, -0.15) is 0 Å². The molecular weight excluding hydrogens is 829 g/mol. The molecule has 0 atom stereocenters. The highest BCUT2D eigenvalue weighted by atomic mass is 16.5. The molecule has 0 N–H and O–H groups in total. The molecule has 0 saturated carbocycles. The third-order valence-electron chi connectivity index (χ3n) is 8.71. The first-order valence-electron chi connectivity index (χ1n) is 23.7. The number of hydrogen-bond donors (Lipinski definition) is 0. The van der Waals surface area contributed by atoms with Gasteiger partial charge in [-0.15, -0.1) is 25.5 Å². The fourth-order valence-electron chi connectivity index (χ4n) is 5.71. The number of benzene rings is 2.